The number of fused-ring (bicyclic) bond motifs is 11. The molecule has 0 saturated carbocycles. The number of furan rings is 1. The minimum atomic E-state index is 0.504. The molecule has 0 bridgehead atoms. The Hall–Kier alpha value is -8.48. The fourth-order valence-corrected chi connectivity index (χ4v) is 9.54. The van der Waals surface area contributed by atoms with Crippen LogP contribution < -0.4 is 4.90 Å². The van der Waals surface area contributed by atoms with Gasteiger partial charge >= 0.3 is 0 Å². The maximum Gasteiger partial charge on any atom is 0.247 e. The molecule has 0 radical (unpaired) electrons. The first-order valence-electron chi connectivity index (χ1n) is 20.9. The summed E-state index contributed by atoms with van der Waals surface area (Å²) in [5, 5.41) is 7.82. The maximum atomic E-state index is 6.69. The molecule has 0 atom stereocenters. The lowest BCUT2D eigenvalue weighted by molar-refractivity contribution is 0.656. The molecule has 6 nitrogen and oxygen atoms in total. The van der Waals surface area contributed by atoms with Crippen molar-refractivity contribution in [2.75, 3.05) is 4.90 Å². The molecular formula is C56H35N5O. The van der Waals surface area contributed by atoms with Crippen LogP contribution in [-0.4, -0.2) is 19.1 Å². The lowest BCUT2D eigenvalue weighted by Gasteiger charge is -2.25. The Morgan fingerprint density at radius 2 is 0.919 bits per heavy atom. The van der Waals surface area contributed by atoms with Crippen molar-refractivity contribution < 1.29 is 4.42 Å². The van der Waals surface area contributed by atoms with Crippen molar-refractivity contribution in [2.24, 2.45) is 0 Å². The van der Waals surface area contributed by atoms with Crippen LogP contribution in [0.3, 0.4) is 0 Å². The molecule has 13 rings (SSSR count). The minimum absolute atomic E-state index is 0.504. The molecule has 13 aromatic rings. The Morgan fingerprint density at radius 3 is 1.58 bits per heavy atom. The largest absolute Gasteiger partial charge is 0.436 e. The maximum absolute atomic E-state index is 6.69. The van der Waals surface area contributed by atoms with Crippen molar-refractivity contribution in [3.63, 3.8) is 0 Å². The summed E-state index contributed by atoms with van der Waals surface area (Å²) in [4.78, 5) is 13.3. The van der Waals surface area contributed by atoms with Gasteiger partial charge < -0.3 is 13.9 Å². The molecule has 0 N–H and O–H groups in total. The van der Waals surface area contributed by atoms with E-state index in [1.54, 1.807) is 0 Å². The first-order valence-corrected chi connectivity index (χ1v) is 20.9. The van der Waals surface area contributed by atoms with Gasteiger partial charge in [-0.25, -0.2) is 9.97 Å². The van der Waals surface area contributed by atoms with Crippen LogP contribution in [-0.2, 0) is 0 Å². The number of hydrogen-bond acceptors (Lipinski definition) is 4. The van der Waals surface area contributed by atoms with Gasteiger partial charge in [-0.2, -0.15) is 0 Å². The van der Waals surface area contributed by atoms with Crippen LogP contribution in [0.25, 0.3) is 99.3 Å². The van der Waals surface area contributed by atoms with Gasteiger partial charge in [-0.15, -0.1) is 0 Å². The van der Waals surface area contributed by atoms with Gasteiger partial charge in [-0.3, -0.25) is 4.57 Å². The molecule has 9 aromatic carbocycles. The van der Waals surface area contributed by atoms with E-state index in [0.29, 0.717) is 5.71 Å². The summed E-state index contributed by atoms with van der Waals surface area (Å²) in [5.41, 5.74) is 12.4. The van der Waals surface area contributed by atoms with E-state index in [9.17, 15) is 0 Å². The van der Waals surface area contributed by atoms with Gasteiger partial charge in [-0.05, 0) is 84.2 Å². The number of anilines is 3. The monoisotopic (exact) mass is 793 g/mol. The summed E-state index contributed by atoms with van der Waals surface area (Å²) in [6, 6.07) is 74.9. The van der Waals surface area contributed by atoms with Crippen LogP contribution >= 0.6 is 0 Å². The molecule has 0 aliphatic heterocycles. The molecular weight excluding hydrogens is 759 g/mol. The highest BCUT2D eigenvalue weighted by atomic mass is 16.3. The van der Waals surface area contributed by atoms with Crippen LogP contribution in [0.1, 0.15) is 0 Å². The smallest absolute Gasteiger partial charge is 0.247 e. The quantitative estimate of drug-likeness (QED) is 0.168. The van der Waals surface area contributed by atoms with Gasteiger partial charge in [0.2, 0.25) is 5.71 Å². The van der Waals surface area contributed by atoms with Gasteiger partial charge in [0.25, 0.3) is 0 Å². The Labute approximate surface area is 355 Å². The zero-order chi connectivity index (χ0) is 40.7. The number of benzene rings is 9. The third-order valence-electron chi connectivity index (χ3n) is 12.3. The van der Waals surface area contributed by atoms with E-state index in [4.69, 9.17) is 14.4 Å². The third-order valence-corrected chi connectivity index (χ3v) is 12.3. The summed E-state index contributed by atoms with van der Waals surface area (Å²) >= 11 is 0. The van der Waals surface area contributed by atoms with Crippen LogP contribution in [0.15, 0.2) is 217 Å². The Balaban J connectivity index is 1.06. The fourth-order valence-electron chi connectivity index (χ4n) is 9.54. The number of nitrogens with zero attached hydrogens (tertiary/aromatic N) is 5. The molecule has 0 saturated heterocycles. The number of hydrogen-bond donors (Lipinski definition) is 0. The zero-order valence-electron chi connectivity index (χ0n) is 33.4. The zero-order valence-corrected chi connectivity index (χ0v) is 33.4. The SMILES string of the molecule is c1ccc(N(c2ccccc2)c2ccc(-c3nc4oc5c6ccccc6ccc5c4nc3-n3c4ccccc4c4cc(-n5c6ccccc6c6ccccc65)ccc43)cc2)cc1. The van der Waals surface area contributed by atoms with E-state index in [1.165, 1.54) is 21.8 Å². The first-order chi connectivity index (χ1) is 30.8. The highest BCUT2D eigenvalue weighted by Crippen LogP contribution is 2.42. The third kappa shape index (κ3) is 5.17. The standard InChI is InChI=1S/C56H35N5O/c1-3-16-38(17-4-1)59(39-18-5-2-6-19-39)40-30-27-37(28-31-40)52-55(57-53-46-33-29-36-15-7-8-20-42(36)54(46)62-56(53)58-52)61-50-26-14-11-23-45(50)47-35-41(32-34-51(47)61)60-48-24-12-9-21-43(48)44-22-10-13-25-49(44)60/h1-35H. The summed E-state index contributed by atoms with van der Waals surface area (Å²) in [6.07, 6.45) is 0. The number of para-hydroxylation sites is 5. The van der Waals surface area contributed by atoms with Crippen LogP contribution in [0.2, 0.25) is 0 Å². The molecule has 6 heteroatoms. The van der Waals surface area contributed by atoms with Crippen molar-refractivity contribution in [3.8, 4) is 22.8 Å². The van der Waals surface area contributed by atoms with Crippen LogP contribution in [0, 0.1) is 0 Å². The second-order valence-electron chi connectivity index (χ2n) is 15.8. The van der Waals surface area contributed by atoms with Crippen molar-refractivity contribution >= 4 is 93.6 Å². The summed E-state index contributed by atoms with van der Waals surface area (Å²) in [6.45, 7) is 0. The fraction of sp³-hybridized carbons (Fsp3) is 0. The summed E-state index contributed by atoms with van der Waals surface area (Å²) in [7, 11) is 0. The topological polar surface area (TPSA) is 52.0 Å². The highest BCUT2D eigenvalue weighted by Gasteiger charge is 2.24. The molecule has 0 fully saturated rings. The lowest BCUT2D eigenvalue weighted by atomic mass is 10.1. The second-order valence-corrected chi connectivity index (χ2v) is 15.8. The average Bonchev–Trinajstić information content (AvgIpc) is 3.99. The molecule has 0 aliphatic carbocycles. The molecule has 0 spiro atoms. The van der Waals surface area contributed by atoms with E-state index >= 15 is 0 Å². The predicted molar refractivity (Wildman–Crippen MR) is 256 cm³/mol. The predicted octanol–water partition coefficient (Wildman–Crippen LogP) is 14.9. The molecule has 0 amide bonds. The normalized spacial score (nSPS) is 11.9. The van der Waals surface area contributed by atoms with E-state index < -0.39 is 0 Å². The van der Waals surface area contributed by atoms with E-state index in [0.717, 1.165) is 88.9 Å². The van der Waals surface area contributed by atoms with E-state index in [1.807, 2.05) is 18.2 Å². The minimum Gasteiger partial charge on any atom is -0.436 e. The summed E-state index contributed by atoms with van der Waals surface area (Å²) < 4.78 is 11.4. The van der Waals surface area contributed by atoms with Gasteiger partial charge in [0.1, 0.15) is 16.8 Å². The molecule has 4 heterocycles. The molecule has 62 heavy (non-hydrogen) atoms. The molecule has 0 aliphatic rings. The van der Waals surface area contributed by atoms with Crippen molar-refractivity contribution in [1.82, 2.24) is 19.1 Å². The molecule has 4 aromatic heterocycles. The van der Waals surface area contributed by atoms with Gasteiger partial charge in [0.15, 0.2) is 5.82 Å². The number of aromatic nitrogens is 4. The highest BCUT2D eigenvalue weighted by molar-refractivity contribution is 6.15. The van der Waals surface area contributed by atoms with Crippen LogP contribution in [0.5, 0.6) is 0 Å². The van der Waals surface area contributed by atoms with Gasteiger partial charge in [0.05, 0.1) is 22.1 Å². The van der Waals surface area contributed by atoms with Gasteiger partial charge in [0, 0.05) is 60.6 Å². The molecule has 290 valence electrons. The van der Waals surface area contributed by atoms with Crippen molar-refractivity contribution in [2.45, 2.75) is 0 Å². The van der Waals surface area contributed by atoms with Crippen LogP contribution in [0.4, 0.5) is 17.1 Å². The summed E-state index contributed by atoms with van der Waals surface area (Å²) in [5.74, 6) is 0.736. The van der Waals surface area contributed by atoms with Crippen molar-refractivity contribution in [3.05, 3.63) is 212 Å². The Kier molecular flexibility index (Phi) is 7.50. The van der Waals surface area contributed by atoms with Crippen molar-refractivity contribution in [1.29, 1.82) is 0 Å². The van der Waals surface area contributed by atoms with E-state index in [-0.39, 0.29) is 0 Å². The second kappa shape index (κ2) is 13.5. The van der Waals surface area contributed by atoms with E-state index in [2.05, 4.69) is 208 Å². The van der Waals surface area contributed by atoms with Gasteiger partial charge in [-0.1, -0.05) is 133 Å². The Morgan fingerprint density at radius 1 is 0.387 bits per heavy atom. The number of rotatable bonds is 6. The Bertz CT molecular complexity index is 3770. The molecule has 0 unspecified atom stereocenters. The first kappa shape index (κ1) is 34.4. The lowest BCUT2D eigenvalue weighted by Crippen LogP contribution is -2.09. The average molecular weight is 794 g/mol.